The van der Waals surface area contributed by atoms with Gasteiger partial charge in [-0.15, -0.1) is 0 Å². The number of aromatic nitrogens is 2. The Morgan fingerprint density at radius 1 is 1.29 bits per heavy atom. The summed E-state index contributed by atoms with van der Waals surface area (Å²) in [6.07, 6.45) is 4.52. The van der Waals surface area contributed by atoms with Crippen molar-refractivity contribution in [3.05, 3.63) is 52.9 Å². The van der Waals surface area contributed by atoms with Crippen molar-refractivity contribution >= 4 is 5.91 Å². The zero-order chi connectivity index (χ0) is 19.9. The molecule has 0 radical (unpaired) electrons. The third-order valence-corrected chi connectivity index (χ3v) is 6.28. The number of carbonyl (C=O) groups excluding carboxylic acids is 1. The van der Waals surface area contributed by atoms with Crippen LogP contribution in [0.25, 0.3) is 0 Å². The molecule has 150 valence electrons. The Hall–Kier alpha value is -2.21. The predicted molar refractivity (Wildman–Crippen MR) is 107 cm³/mol. The molecule has 28 heavy (non-hydrogen) atoms. The van der Waals surface area contributed by atoms with Gasteiger partial charge in [-0.1, -0.05) is 19.9 Å². The van der Waals surface area contributed by atoms with Gasteiger partial charge in [-0.2, -0.15) is 0 Å². The fourth-order valence-electron chi connectivity index (χ4n) is 4.77. The monoisotopic (exact) mass is 384 g/mol. The number of nitrogens with zero attached hydrogens (tertiary/aromatic N) is 3. The third-order valence-electron chi connectivity index (χ3n) is 6.28. The molecular weight excluding hydrogens is 355 g/mol. The minimum atomic E-state index is -0.323. The molecule has 5 nitrogen and oxygen atoms in total. The van der Waals surface area contributed by atoms with Crippen LogP contribution in [-0.4, -0.2) is 51.9 Å². The van der Waals surface area contributed by atoms with Gasteiger partial charge in [0.15, 0.2) is 0 Å². The van der Waals surface area contributed by atoms with E-state index in [2.05, 4.69) is 23.7 Å². The molecule has 1 aromatic heterocycles. The van der Waals surface area contributed by atoms with E-state index >= 15 is 0 Å². The molecule has 1 spiro atoms. The van der Waals surface area contributed by atoms with E-state index in [1.807, 2.05) is 4.90 Å². The van der Waals surface area contributed by atoms with Crippen molar-refractivity contribution in [3.63, 3.8) is 0 Å². The zero-order valence-corrected chi connectivity index (χ0v) is 17.0. The van der Waals surface area contributed by atoms with Crippen molar-refractivity contribution in [1.29, 1.82) is 0 Å². The van der Waals surface area contributed by atoms with Gasteiger partial charge in [0.2, 0.25) is 0 Å². The van der Waals surface area contributed by atoms with Gasteiger partial charge in [0.1, 0.15) is 5.82 Å². The van der Waals surface area contributed by atoms with Crippen LogP contribution in [0.5, 0.6) is 0 Å². The Morgan fingerprint density at radius 2 is 2.04 bits per heavy atom. The lowest BCUT2D eigenvalue weighted by Crippen LogP contribution is -2.57. The molecule has 0 saturated carbocycles. The molecule has 1 fully saturated rings. The number of aromatic amines is 1. The first-order valence-corrected chi connectivity index (χ1v) is 10.2. The number of H-pyrrole nitrogens is 1. The van der Waals surface area contributed by atoms with E-state index in [1.54, 1.807) is 25.4 Å². The standard InChI is InChI=1S/C22H29FN4O/c1-15(2)13-27-9-6-19-20(25-14-24-19)22(27)7-10-26(11-8-22)21(28)17-5-4-16(3)18(23)12-17/h4-5,12,14-15H,6-11,13H2,1-3H3,(H,24,25). The Balaban J connectivity index is 1.55. The molecule has 1 N–H and O–H groups in total. The number of benzene rings is 1. The fraction of sp³-hybridized carbons (Fsp3) is 0.545. The number of halogens is 1. The predicted octanol–water partition coefficient (Wildman–Crippen LogP) is 3.50. The van der Waals surface area contributed by atoms with Crippen molar-refractivity contribution in [2.75, 3.05) is 26.2 Å². The Bertz CT molecular complexity index is 867. The zero-order valence-electron chi connectivity index (χ0n) is 17.0. The van der Waals surface area contributed by atoms with Crippen LogP contribution in [0.4, 0.5) is 4.39 Å². The van der Waals surface area contributed by atoms with E-state index < -0.39 is 0 Å². The van der Waals surface area contributed by atoms with Crippen molar-refractivity contribution in [2.24, 2.45) is 5.92 Å². The van der Waals surface area contributed by atoms with Gasteiger partial charge in [-0.3, -0.25) is 9.69 Å². The molecule has 0 atom stereocenters. The molecule has 1 saturated heterocycles. The van der Waals surface area contributed by atoms with E-state index in [4.69, 9.17) is 4.98 Å². The van der Waals surface area contributed by atoms with Gasteiger partial charge in [-0.25, -0.2) is 9.37 Å². The van der Waals surface area contributed by atoms with Crippen LogP contribution in [0.15, 0.2) is 24.5 Å². The maximum atomic E-state index is 13.9. The number of amides is 1. The number of imidazole rings is 1. The fourth-order valence-corrected chi connectivity index (χ4v) is 4.77. The summed E-state index contributed by atoms with van der Waals surface area (Å²) in [5.41, 5.74) is 3.29. The average Bonchev–Trinajstić information content (AvgIpc) is 3.16. The van der Waals surface area contributed by atoms with Crippen molar-refractivity contribution in [2.45, 2.75) is 45.6 Å². The topological polar surface area (TPSA) is 52.2 Å². The van der Waals surface area contributed by atoms with Crippen LogP contribution in [-0.2, 0) is 12.0 Å². The van der Waals surface area contributed by atoms with Crippen LogP contribution in [0.3, 0.4) is 0 Å². The molecule has 2 aliphatic heterocycles. The summed E-state index contributed by atoms with van der Waals surface area (Å²) in [7, 11) is 0. The second-order valence-corrected chi connectivity index (χ2v) is 8.61. The van der Waals surface area contributed by atoms with Gasteiger partial charge in [0.25, 0.3) is 5.91 Å². The molecule has 2 aromatic rings. The number of aryl methyl sites for hydroxylation is 1. The molecule has 4 rings (SSSR count). The number of hydrogen-bond donors (Lipinski definition) is 1. The number of fused-ring (bicyclic) bond motifs is 2. The average molecular weight is 384 g/mol. The smallest absolute Gasteiger partial charge is 0.253 e. The van der Waals surface area contributed by atoms with E-state index in [1.165, 1.54) is 11.8 Å². The molecular formula is C22H29FN4O. The van der Waals surface area contributed by atoms with Crippen molar-refractivity contribution in [3.8, 4) is 0 Å². The molecule has 0 unspecified atom stereocenters. The van der Waals surface area contributed by atoms with E-state index in [9.17, 15) is 9.18 Å². The van der Waals surface area contributed by atoms with Crippen LogP contribution in [0.1, 0.15) is 54.0 Å². The summed E-state index contributed by atoms with van der Waals surface area (Å²) in [5.74, 6) is 0.172. The van der Waals surface area contributed by atoms with Crippen LogP contribution in [0, 0.1) is 18.7 Å². The number of nitrogens with one attached hydrogen (secondary N) is 1. The number of rotatable bonds is 3. The van der Waals surface area contributed by atoms with Gasteiger partial charge in [0.05, 0.1) is 17.6 Å². The van der Waals surface area contributed by atoms with Crippen LogP contribution in [0.2, 0.25) is 0 Å². The highest BCUT2D eigenvalue weighted by Gasteiger charge is 2.47. The molecule has 2 aliphatic rings. The molecule has 3 heterocycles. The lowest BCUT2D eigenvalue weighted by molar-refractivity contribution is 0.000608. The largest absolute Gasteiger partial charge is 0.348 e. The van der Waals surface area contributed by atoms with Gasteiger partial charge < -0.3 is 9.88 Å². The Morgan fingerprint density at radius 3 is 2.71 bits per heavy atom. The highest BCUT2D eigenvalue weighted by molar-refractivity contribution is 5.94. The van der Waals surface area contributed by atoms with E-state index in [-0.39, 0.29) is 17.3 Å². The maximum Gasteiger partial charge on any atom is 0.253 e. The number of likely N-dealkylation sites (tertiary alicyclic amines) is 1. The minimum absolute atomic E-state index is 0.0813. The highest BCUT2D eigenvalue weighted by atomic mass is 19.1. The Kier molecular flexibility index (Phi) is 5.00. The van der Waals surface area contributed by atoms with E-state index in [0.29, 0.717) is 30.1 Å². The van der Waals surface area contributed by atoms with Gasteiger partial charge >= 0.3 is 0 Å². The number of hydrogen-bond acceptors (Lipinski definition) is 3. The summed E-state index contributed by atoms with van der Waals surface area (Å²) in [4.78, 5) is 25.4. The summed E-state index contributed by atoms with van der Waals surface area (Å²) in [6, 6.07) is 4.76. The maximum absolute atomic E-state index is 13.9. The molecule has 0 aliphatic carbocycles. The summed E-state index contributed by atoms with van der Waals surface area (Å²) < 4.78 is 13.9. The molecule has 1 amide bonds. The summed E-state index contributed by atoms with van der Waals surface area (Å²) in [6.45, 7) is 9.58. The number of piperidine rings is 1. The summed E-state index contributed by atoms with van der Waals surface area (Å²) in [5, 5.41) is 0. The first-order valence-electron chi connectivity index (χ1n) is 10.2. The normalized spacial score (nSPS) is 19.2. The first-order chi connectivity index (χ1) is 13.4. The first kappa shape index (κ1) is 19.1. The molecule has 6 heteroatoms. The SMILES string of the molecule is Cc1ccc(C(=O)N2CCC3(CC2)c2nc[nH]c2CCN3CC(C)C)cc1F. The Labute approximate surface area is 165 Å². The van der Waals surface area contributed by atoms with Gasteiger partial charge in [-0.05, 0) is 43.4 Å². The minimum Gasteiger partial charge on any atom is -0.348 e. The second-order valence-electron chi connectivity index (χ2n) is 8.61. The summed E-state index contributed by atoms with van der Waals surface area (Å²) >= 11 is 0. The van der Waals surface area contributed by atoms with Crippen LogP contribution < -0.4 is 0 Å². The lowest BCUT2D eigenvalue weighted by Gasteiger charge is -2.51. The quantitative estimate of drug-likeness (QED) is 0.881. The lowest BCUT2D eigenvalue weighted by atomic mass is 9.78. The molecule has 0 bridgehead atoms. The highest BCUT2D eigenvalue weighted by Crippen LogP contribution is 2.42. The number of carbonyl (C=O) groups is 1. The van der Waals surface area contributed by atoms with Crippen LogP contribution >= 0.6 is 0 Å². The van der Waals surface area contributed by atoms with Crippen molar-refractivity contribution in [1.82, 2.24) is 19.8 Å². The van der Waals surface area contributed by atoms with Gasteiger partial charge in [0, 0.05) is 43.9 Å². The third kappa shape index (κ3) is 3.24. The van der Waals surface area contributed by atoms with E-state index in [0.717, 1.165) is 38.0 Å². The van der Waals surface area contributed by atoms with Crippen molar-refractivity contribution < 1.29 is 9.18 Å². The molecule has 1 aromatic carbocycles. The second kappa shape index (κ2) is 7.32.